The summed E-state index contributed by atoms with van der Waals surface area (Å²) in [5, 5.41) is 13.9. The number of hydrogen-bond donors (Lipinski definition) is 2. The average molecular weight is 474 g/mol. The molecule has 0 saturated carbocycles. The van der Waals surface area contributed by atoms with E-state index in [-0.39, 0.29) is 16.4 Å². The predicted octanol–water partition coefficient (Wildman–Crippen LogP) is 3.40. The van der Waals surface area contributed by atoms with Gasteiger partial charge in [-0.15, -0.1) is 0 Å². The van der Waals surface area contributed by atoms with Crippen molar-refractivity contribution < 1.29 is 23.1 Å². The van der Waals surface area contributed by atoms with Gasteiger partial charge in [-0.25, -0.2) is 13.8 Å². The van der Waals surface area contributed by atoms with E-state index < -0.39 is 22.5 Å². The van der Waals surface area contributed by atoms with Gasteiger partial charge in [0.05, 0.1) is 23.9 Å². The Morgan fingerprint density at radius 1 is 1.12 bits per heavy atom. The van der Waals surface area contributed by atoms with Crippen molar-refractivity contribution in [1.82, 2.24) is 5.43 Å². The third-order valence-corrected chi connectivity index (χ3v) is 6.38. The number of halogens is 1. The highest BCUT2D eigenvalue weighted by Gasteiger charge is 2.27. The molecule has 166 valence electrons. The molecule has 2 N–H and O–H groups in total. The van der Waals surface area contributed by atoms with Crippen LogP contribution in [0.3, 0.4) is 0 Å². The molecule has 10 heteroatoms. The number of anilines is 1. The number of ether oxygens (including phenoxy) is 1. The number of phenolic OH excluding ortho intramolecular Hbond substituents is 1. The second-order valence-corrected chi connectivity index (χ2v) is 8.82. The number of amides is 1. The summed E-state index contributed by atoms with van der Waals surface area (Å²) in [6.07, 6.45) is 1.35. The third-order valence-electron chi connectivity index (χ3n) is 4.34. The van der Waals surface area contributed by atoms with E-state index in [0.717, 1.165) is 4.31 Å². The fourth-order valence-corrected chi connectivity index (χ4v) is 4.31. The predicted molar refractivity (Wildman–Crippen MR) is 123 cm³/mol. The molecule has 8 nitrogen and oxygen atoms in total. The molecule has 3 aromatic rings. The molecule has 0 atom stereocenters. The highest BCUT2D eigenvalue weighted by molar-refractivity contribution is 7.92. The van der Waals surface area contributed by atoms with E-state index in [2.05, 4.69) is 10.5 Å². The average Bonchev–Trinajstić information content (AvgIpc) is 2.79. The summed E-state index contributed by atoms with van der Waals surface area (Å²) in [4.78, 5) is 12.5. The molecular weight excluding hydrogens is 454 g/mol. The van der Waals surface area contributed by atoms with Gasteiger partial charge in [0.25, 0.3) is 15.9 Å². The van der Waals surface area contributed by atoms with E-state index in [4.69, 9.17) is 16.3 Å². The number of para-hydroxylation sites is 1. The minimum atomic E-state index is -4.04. The van der Waals surface area contributed by atoms with Gasteiger partial charge in [-0.3, -0.25) is 9.10 Å². The Labute approximate surface area is 190 Å². The zero-order valence-electron chi connectivity index (χ0n) is 17.0. The van der Waals surface area contributed by atoms with Crippen LogP contribution in [0.15, 0.2) is 82.8 Å². The summed E-state index contributed by atoms with van der Waals surface area (Å²) in [7, 11) is -2.63. The summed E-state index contributed by atoms with van der Waals surface area (Å²) in [6, 6.07) is 18.5. The minimum Gasteiger partial charge on any atom is -0.504 e. The van der Waals surface area contributed by atoms with Gasteiger partial charge in [0.15, 0.2) is 11.5 Å². The van der Waals surface area contributed by atoms with Crippen LogP contribution in [0.2, 0.25) is 5.02 Å². The van der Waals surface area contributed by atoms with E-state index >= 15 is 0 Å². The van der Waals surface area contributed by atoms with Gasteiger partial charge in [0, 0.05) is 5.02 Å². The lowest BCUT2D eigenvalue weighted by atomic mass is 10.2. The number of methoxy groups -OCH3 is 1. The lowest BCUT2D eigenvalue weighted by Gasteiger charge is -2.23. The van der Waals surface area contributed by atoms with Crippen molar-refractivity contribution >= 4 is 39.4 Å². The number of hydrazone groups is 1. The molecule has 32 heavy (non-hydrogen) atoms. The molecular formula is C22H20ClN3O5S. The number of nitrogens with zero attached hydrogens (tertiary/aromatic N) is 2. The number of carbonyl (C=O) groups is 1. The molecule has 0 aromatic heterocycles. The van der Waals surface area contributed by atoms with Gasteiger partial charge < -0.3 is 9.84 Å². The smallest absolute Gasteiger partial charge is 0.264 e. The fourth-order valence-electron chi connectivity index (χ4n) is 2.76. The van der Waals surface area contributed by atoms with Crippen LogP contribution >= 0.6 is 11.6 Å². The van der Waals surface area contributed by atoms with E-state index in [1.807, 2.05) is 0 Å². The van der Waals surface area contributed by atoms with Crippen LogP contribution in [-0.4, -0.2) is 39.3 Å². The van der Waals surface area contributed by atoms with Crippen molar-refractivity contribution in [3.8, 4) is 11.5 Å². The number of rotatable bonds is 8. The first-order chi connectivity index (χ1) is 15.3. The zero-order chi connectivity index (χ0) is 23.1. The number of hydrogen-bond acceptors (Lipinski definition) is 6. The molecule has 0 unspecified atom stereocenters. The standard InChI is InChI=1S/C22H20ClN3O5S/c1-31-21-13-16(7-12-20(21)27)14-24-25-22(28)15-26(18-5-3-2-4-6-18)32(29,30)19-10-8-17(23)9-11-19/h2-14,27H,15H2,1H3,(H,25,28)/b24-14-. The van der Waals surface area contributed by atoms with Crippen molar-refractivity contribution in [3.05, 3.63) is 83.4 Å². The van der Waals surface area contributed by atoms with Gasteiger partial charge in [0.2, 0.25) is 0 Å². The maximum absolute atomic E-state index is 13.2. The van der Waals surface area contributed by atoms with E-state index in [1.165, 1.54) is 49.7 Å². The van der Waals surface area contributed by atoms with Gasteiger partial charge >= 0.3 is 0 Å². The van der Waals surface area contributed by atoms with Crippen molar-refractivity contribution in [1.29, 1.82) is 0 Å². The summed E-state index contributed by atoms with van der Waals surface area (Å²) >= 11 is 5.87. The molecule has 0 fully saturated rings. The van der Waals surface area contributed by atoms with Crippen LogP contribution in [-0.2, 0) is 14.8 Å². The zero-order valence-corrected chi connectivity index (χ0v) is 18.5. The Bertz CT molecular complexity index is 1220. The molecule has 3 rings (SSSR count). The number of benzene rings is 3. The van der Waals surface area contributed by atoms with Crippen LogP contribution in [0.4, 0.5) is 5.69 Å². The number of nitrogens with one attached hydrogen (secondary N) is 1. The summed E-state index contributed by atoms with van der Waals surface area (Å²) in [6.45, 7) is -0.495. The number of phenols is 1. The molecule has 0 aliphatic carbocycles. The highest BCUT2D eigenvalue weighted by Crippen LogP contribution is 2.26. The quantitative estimate of drug-likeness (QED) is 0.385. The maximum Gasteiger partial charge on any atom is 0.264 e. The Morgan fingerprint density at radius 2 is 1.81 bits per heavy atom. The Morgan fingerprint density at radius 3 is 2.47 bits per heavy atom. The van der Waals surface area contributed by atoms with Crippen LogP contribution in [0, 0.1) is 0 Å². The van der Waals surface area contributed by atoms with Crippen LogP contribution in [0.25, 0.3) is 0 Å². The first kappa shape index (κ1) is 23.1. The first-order valence-corrected chi connectivity index (χ1v) is 11.2. The van der Waals surface area contributed by atoms with Gasteiger partial charge in [-0.2, -0.15) is 5.10 Å². The van der Waals surface area contributed by atoms with Crippen LogP contribution < -0.4 is 14.5 Å². The van der Waals surface area contributed by atoms with Gasteiger partial charge in [-0.1, -0.05) is 29.8 Å². The number of aromatic hydroxyl groups is 1. The van der Waals surface area contributed by atoms with E-state index in [9.17, 15) is 18.3 Å². The van der Waals surface area contributed by atoms with Crippen LogP contribution in [0.1, 0.15) is 5.56 Å². The van der Waals surface area contributed by atoms with Gasteiger partial charge in [0.1, 0.15) is 6.54 Å². The molecule has 0 saturated heterocycles. The SMILES string of the molecule is COc1cc(/C=N\NC(=O)CN(c2ccccc2)S(=O)(=O)c2ccc(Cl)cc2)ccc1O. The number of carbonyl (C=O) groups excluding carboxylic acids is 1. The molecule has 0 heterocycles. The minimum absolute atomic E-state index is 0.00163. The van der Waals surface area contributed by atoms with Crippen molar-refractivity contribution in [2.45, 2.75) is 4.90 Å². The number of sulfonamides is 1. The third kappa shape index (κ3) is 5.57. The Hall–Kier alpha value is -3.56. The molecule has 1 amide bonds. The van der Waals surface area contributed by atoms with E-state index in [0.29, 0.717) is 16.3 Å². The largest absolute Gasteiger partial charge is 0.504 e. The molecule has 0 radical (unpaired) electrons. The van der Waals surface area contributed by atoms with Crippen LogP contribution in [0.5, 0.6) is 11.5 Å². The summed E-state index contributed by atoms with van der Waals surface area (Å²) in [5.41, 5.74) is 3.20. The molecule has 0 spiro atoms. The highest BCUT2D eigenvalue weighted by atomic mass is 35.5. The van der Waals surface area contributed by atoms with Gasteiger partial charge in [-0.05, 0) is 60.2 Å². The second-order valence-electron chi connectivity index (χ2n) is 6.53. The van der Waals surface area contributed by atoms with Crippen molar-refractivity contribution in [3.63, 3.8) is 0 Å². The molecule has 0 aliphatic heterocycles. The molecule has 0 bridgehead atoms. The van der Waals surface area contributed by atoms with Crippen molar-refractivity contribution in [2.75, 3.05) is 18.0 Å². The molecule has 0 aliphatic rings. The topological polar surface area (TPSA) is 108 Å². The fraction of sp³-hybridized carbons (Fsp3) is 0.0909. The lowest BCUT2D eigenvalue weighted by Crippen LogP contribution is -2.39. The van der Waals surface area contributed by atoms with E-state index in [1.54, 1.807) is 36.4 Å². The maximum atomic E-state index is 13.2. The normalized spacial score (nSPS) is 11.3. The lowest BCUT2D eigenvalue weighted by molar-refractivity contribution is -0.119. The Balaban J connectivity index is 1.79. The summed E-state index contributed by atoms with van der Waals surface area (Å²) in [5.74, 6) is -0.419. The Kier molecular flexibility index (Phi) is 7.34. The summed E-state index contributed by atoms with van der Waals surface area (Å²) < 4.78 is 32.4. The van der Waals surface area contributed by atoms with Crippen molar-refractivity contribution in [2.24, 2.45) is 5.10 Å². The monoisotopic (exact) mass is 473 g/mol. The first-order valence-electron chi connectivity index (χ1n) is 9.33. The second kappa shape index (κ2) is 10.2. The molecule has 3 aromatic carbocycles.